The van der Waals surface area contributed by atoms with Crippen LogP contribution >= 0.6 is 11.6 Å². The predicted octanol–water partition coefficient (Wildman–Crippen LogP) is 2.69. The van der Waals surface area contributed by atoms with Gasteiger partial charge in [-0.25, -0.2) is 9.50 Å². The van der Waals surface area contributed by atoms with E-state index in [-0.39, 0.29) is 5.54 Å². The van der Waals surface area contributed by atoms with Crippen LogP contribution in [0.3, 0.4) is 0 Å². The second-order valence-electron chi connectivity index (χ2n) is 4.69. The molecular formula is C12H15ClN4. The van der Waals surface area contributed by atoms with E-state index in [9.17, 15) is 0 Å². The molecule has 2 heterocycles. The van der Waals surface area contributed by atoms with Crippen molar-refractivity contribution in [1.82, 2.24) is 14.6 Å². The van der Waals surface area contributed by atoms with Gasteiger partial charge in [0.2, 0.25) is 0 Å². The maximum absolute atomic E-state index is 6.10. The maximum Gasteiger partial charge on any atom is 0.157 e. The van der Waals surface area contributed by atoms with Crippen molar-refractivity contribution in [2.24, 2.45) is 0 Å². The van der Waals surface area contributed by atoms with Crippen LogP contribution in [0.15, 0.2) is 24.5 Å². The second-order valence-corrected chi connectivity index (χ2v) is 4.96. The number of halogens is 1. The summed E-state index contributed by atoms with van der Waals surface area (Å²) in [5.74, 6) is 1.53. The van der Waals surface area contributed by atoms with Gasteiger partial charge in [-0.3, -0.25) is 0 Å². The number of nitrogens with zero attached hydrogens (tertiary/aromatic N) is 3. The van der Waals surface area contributed by atoms with Gasteiger partial charge >= 0.3 is 0 Å². The van der Waals surface area contributed by atoms with Crippen molar-refractivity contribution in [3.8, 4) is 0 Å². The Morgan fingerprint density at radius 1 is 1.35 bits per heavy atom. The first-order valence-corrected chi connectivity index (χ1v) is 6.49. The molecule has 0 spiro atoms. The fourth-order valence-corrected chi connectivity index (χ4v) is 2.83. The lowest BCUT2D eigenvalue weighted by Crippen LogP contribution is -2.37. The standard InChI is InChI=1S/C12H15ClN4/c13-9-12(5-1-2-6-12)16-10-4-8-17-11(15-10)3-7-14-17/h3-4,7-8H,1-2,5-6,9H2,(H,15,16). The SMILES string of the molecule is ClCC1(Nc2ccn3nccc3n2)CCCC1. The van der Waals surface area contributed by atoms with Crippen LogP contribution < -0.4 is 5.32 Å². The number of aromatic nitrogens is 3. The zero-order valence-corrected chi connectivity index (χ0v) is 10.3. The molecule has 1 aliphatic carbocycles. The summed E-state index contributed by atoms with van der Waals surface area (Å²) in [5.41, 5.74) is 0.894. The van der Waals surface area contributed by atoms with Crippen LogP contribution in [0.2, 0.25) is 0 Å². The summed E-state index contributed by atoms with van der Waals surface area (Å²) < 4.78 is 1.76. The molecule has 0 atom stereocenters. The fourth-order valence-electron chi connectivity index (χ4n) is 2.50. The molecule has 2 aromatic heterocycles. The Morgan fingerprint density at radius 3 is 2.94 bits per heavy atom. The molecule has 0 saturated heterocycles. The van der Waals surface area contributed by atoms with E-state index in [4.69, 9.17) is 11.6 Å². The van der Waals surface area contributed by atoms with Gasteiger partial charge in [-0.2, -0.15) is 5.10 Å². The summed E-state index contributed by atoms with van der Waals surface area (Å²) in [4.78, 5) is 4.52. The van der Waals surface area contributed by atoms with E-state index >= 15 is 0 Å². The van der Waals surface area contributed by atoms with Crippen LogP contribution in [0.25, 0.3) is 5.65 Å². The van der Waals surface area contributed by atoms with Gasteiger partial charge in [0.1, 0.15) is 5.82 Å². The van der Waals surface area contributed by atoms with Crippen LogP contribution in [0.1, 0.15) is 25.7 Å². The van der Waals surface area contributed by atoms with Crippen molar-refractivity contribution < 1.29 is 0 Å². The quantitative estimate of drug-likeness (QED) is 0.852. The summed E-state index contributed by atoms with van der Waals surface area (Å²) in [6.07, 6.45) is 8.41. The van der Waals surface area contributed by atoms with Gasteiger partial charge in [-0.15, -0.1) is 11.6 Å². The third-order valence-electron chi connectivity index (χ3n) is 3.47. The molecule has 1 fully saturated rings. The highest BCUT2D eigenvalue weighted by Gasteiger charge is 2.33. The third-order valence-corrected chi connectivity index (χ3v) is 3.98. The largest absolute Gasteiger partial charge is 0.363 e. The summed E-state index contributed by atoms with van der Waals surface area (Å²) in [7, 11) is 0. The van der Waals surface area contributed by atoms with E-state index in [1.165, 1.54) is 12.8 Å². The van der Waals surface area contributed by atoms with Gasteiger partial charge in [0.05, 0.1) is 11.7 Å². The molecule has 3 rings (SSSR count). The Hall–Kier alpha value is -1.29. The van der Waals surface area contributed by atoms with Crippen molar-refractivity contribution in [3.63, 3.8) is 0 Å². The van der Waals surface area contributed by atoms with Gasteiger partial charge < -0.3 is 5.32 Å². The van der Waals surface area contributed by atoms with E-state index in [1.807, 2.05) is 18.3 Å². The summed E-state index contributed by atoms with van der Waals surface area (Å²) in [5, 5.41) is 7.63. The van der Waals surface area contributed by atoms with Gasteiger partial charge in [0.15, 0.2) is 5.65 Å². The van der Waals surface area contributed by atoms with Crippen LogP contribution in [-0.2, 0) is 0 Å². The molecule has 0 aliphatic heterocycles. The van der Waals surface area contributed by atoms with Crippen LogP contribution in [0.4, 0.5) is 5.82 Å². The van der Waals surface area contributed by atoms with E-state index in [1.54, 1.807) is 10.7 Å². The van der Waals surface area contributed by atoms with Gasteiger partial charge in [0.25, 0.3) is 0 Å². The number of rotatable bonds is 3. The number of nitrogens with one attached hydrogen (secondary N) is 1. The smallest absolute Gasteiger partial charge is 0.157 e. The fraction of sp³-hybridized carbons (Fsp3) is 0.500. The predicted molar refractivity (Wildman–Crippen MR) is 68.5 cm³/mol. The number of alkyl halides is 1. The summed E-state index contributed by atoms with van der Waals surface area (Å²) >= 11 is 6.10. The number of hydrogen-bond donors (Lipinski definition) is 1. The minimum Gasteiger partial charge on any atom is -0.363 e. The highest BCUT2D eigenvalue weighted by molar-refractivity contribution is 6.18. The molecule has 0 aromatic carbocycles. The molecule has 1 aliphatic rings. The average Bonchev–Trinajstić information content (AvgIpc) is 2.97. The van der Waals surface area contributed by atoms with Crippen LogP contribution in [-0.4, -0.2) is 26.0 Å². The van der Waals surface area contributed by atoms with Gasteiger partial charge in [-0.1, -0.05) is 12.8 Å². The lowest BCUT2D eigenvalue weighted by molar-refractivity contribution is 0.537. The van der Waals surface area contributed by atoms with Crippen molar-refractivity contribution in [1.29, 1.82) is 0 Å². The molecule has 0 amide bonds. The zero-order chi connectivity index (χ0) is 11.7. The lowest BCUT2D eigenvalue weighted by Gasteiger charge is -2.28. The van der Waals surface area contributed by atoms with Crippen molar-refractivity contribution >= 4 is 23.1 Å². The molecule has 4 nitrogen and oxygen atoms in total. The Labute approximate surface area is 105 Å². The van der Waals surface area contributed by atoms with Crippen molar-refractivity contribution in [3.05, 3.63) is 24.5 Å². The highest BCUT2D eigenvalue weighted by Crippen LogP contribution is 2.33. The Bertz CT molecular complexity index is 516. The van der Waals surface area contributed by atoms with E-state index < -0.39 is 0 Å². The number of anilines is 1. The first-order chi connectivity index (χ1) is 8.31. The molecule has 0 bridgehead atoms. The highest BCUT2D eigenvalue weighted by atomic mass is 35.5. The number of fused-ring (bicyclic) bond motifs is 1. The first-order valence-electron chi connectivity index (χ1n) is 5.96. The molecule has 1 N–H and O–H groups in total. The van der Waals surface area contributed by atoms with E-state index in [2.05, 4.69) is 15.4 Å². The normalized spacial score (nSPS) is 18.6. The van der Waals surface area contributed by atoms with Crippen LogP contribution in [0, 0.1) is 0 Å². The average molecular weight is 251 g/mol. The minimum atomic E-state index is 0.0346. The Kier molecular flexibility index (Phi) is 2.67. The lowest BCUT2D eigenvalue weighted by atomic mass is 10.0. The molecule has 2 aromatic rings. The van der Waals surface area contributed by atoms with E-state index in [0.717, 1.165) is 24.3 Å². The third kappa shape index (κ3) is 1.97. The monoisotopic (exact) mass is 250 g/mol. The van der Waals surface area contributed by atoms with Crippen molar-refractivity contribution in [2.75, 3.05) is 11.2 Å². The van der Waals surface area contributed by atoms with Crippen LogP contribution in [0.5, 0.6) is 0 Å². The molecule has 90 valence electrons. The first kappa shape index (κ1) is 10.8. The topological polar surface area (TPSA) is 42.2 Å². The van der Waals surface area contributed by atoms with E-state index in [0.29, 0.717) is 5.88 Å². The zero-order valence-electron chi connectivity index (χ0n) is 9.56. The summed E-state index contributed by atoms with van der Waals surface area (Å²) in [6.45, 7) is 0. The maximum atomic E-state index is 6.10. The molecule has 0 unspecified atom stereocenters. The number of hydrogen-bond acceptors (Lipinski definition) is 3. The molecule has 0 radical (unpaired) electrons. The Balaban J connectivity index is 1.88. The molecular weight excluding hydrogens is 236 g/mol. The van der Waals surface area contributed by atoms with Crippen molar-refractivity contribution in [2.45, 2.75) is 31.2 Å². The molecule has 5 heteroatoms. The molecule has 17 heavy (non-hydrogen) atoms. The Morgan fingerprint density at radius 2 is 2.18 bits per heavy atom. The molecule has 1 saturated carbocycles. The van der Waals surface area contributed by atoms with Gasteiger partial charge in [-0.05, 0) is 18.9 Å². The minimum absolute atomic E-state index is 0.0346. The van der Waals surface area contributed by atoms with Gasteiger partial charge in [0, 0.05) is 18.1 Å². The second kappa shape index (κ2) is 4.18. The summed E-state index contributed by atoms with van der Waals surface area (Å²) in [6, 6.07) is 3.85.